The number of halogens is 3. The van der Waals surface area contributed by atoms with Crippen LogP contribution in [-0.4, -0.2) is 78.5 Å². The number of pyridine rings is 1. The standard InChI is InChI=1S/C19H21F3N6O2/c20-19(21,22)16-2-1-14(12-23-16)18(29)28-5-3-26(4-6-28)15-11-17(25-24-13-15)27-7-9-30-10-8-27/h1-2,11-13H,3-10H2. The number of hydrogen-bond donors (Lipinski definition) is 0. The van der Waals surface area contributed by atoms with E-state index < -0.39 is 11.9 Å². The van der Waals surface area contributed by atoms with Gasteiger partial charge in [0.25, 0.3) is 5.91 Å². The molecule has 4 rings (SSSR count). The van der Waals surface area contributed by atoms with Crippen molar-refractivity contribution in [1.29, 1.82) is 0 Å². The van der Waals surface area contributed by atoms with Crippen molar-refractivity contribution in [3.05, 3.63) is 41.9 Å². The Kier molecular flexibility index (Phi) is 5.71. The van der Waals surface area contributed by atoms with Crippen LogP contribution in [0.1, 0.15) is 16.1 Å². The molecule has 0 N–H and O–H groups in total. The molecule has 11 heteroatoms. The molecule has 0 bridgehead atoms. The van der Waals surface area contributed by atoms with Gasteiger partial charge in [-0.25, -0.2) is 0 Å². The average molecular weight is 422 g/mol. The lowest BCUT2D eigenvalue weighted by atomic mass is 10.2. The third kappa shape index (κ3) is 4.45. The van der Waals surface area contributed by atoms with Crippen LogP contribution in [0.3, 0.4) is 0 Å². The van der Waals surface area contributed by atoms with E-state index in [9.17, 15) is 18.0 Å². The van der Waals surface area contributed by atoms with Crippen molar-refractivity contribution in [1.82, 2.24) is 20.1 Å². The van der Waals surface area contributed by atoms with E-state index in [-0.39, 0.29) is 11.5 Å². The van der Waals surface area contributed by atoms with E-state index in [1.165, 1.54) is 6.07 Å². The van der Waals surface area contributed by atoms with Gasteiger partial charge in [0.05, 0.1) is 30.7 Å². The first-order valence-electron chi connectivity index (χ1n) is 9.65. The van der Waals surface area contributed by atoms with Crippen molar-refractivity contribution < 1.29 is 22.7 Å². The number of piperazine rings is 1. The maximum atomic E-state index is 12.6. The molecule has 8 nitrogen and oxygen atoms in total. The second-order valence-electron chi connectivity index (χ2n) is 7.08. The zero-order chi connectivity index (χ0) is 21.1. The number of carbonyl (C=O) groups excluding carboxylic acids is 1. The second-order valence-corrected chi connectivity index (χ2v) is 7.08. The molecule has 2 aromatic heterocycles. The molecule has 0 radical (unpaired) electrons. The molecule has 2 aliphatic rings. The summed E-state index contributed by atoms with van der Waals surface area (Å²) in [6, 6.07) is 3.99. The normalized spacial score (nSPS) is 17.9. The fourth-order valence-corrected chi connectivity index (χ4v) is 3.50. The number of rotatable bonds is 3. The van der Waals surface area contributed by atoms with Crippen molar-refractivity contribution in [3.63, 3.8) is 0 Å². The highest BCUT2D eigenvalue weighted by molar-refractivity contribution is 5.94. The van der Waals surface area contributed by atoms with Gasteiger partial charge in [-0.15, -0.1) is 5.10 Å². The van der Waals surface area contributed by atoms with E-state index >= 15 is 0 Å². The molecule has 2 aliphatic heterocycles. The molecule has 0 spiro atoms. The molecule has 0 aromatic carbocycles. The number of aromatic nitrogens is 3. The Labute approximate surface area is 171 Å². The summed E-state index contributed by atoms with van der Waals surface area (Å²) in [7, 11) is 0. The predicted octanol–water partition coefficient (Wildman–Crippen LogP) is 1.69. The van der Waals surface area contributed by atoms with E-state index in [2.05, 4.69) is 25.0 Å². The number of morpholine rings is 1. The van der Waals surface area contributed by atoms with Crippen molar-refractivity contribution in [2.75, 3.05) is 62.3 Å². The molecular formula is C19H21F3N6O2. The first kappa shape index (κ1) is 20.3. The van der Waals surface area contributed by atoms with Gasteiger partial charge in [-0.2, -0.15) is 18.3 Å². The van der Waals surface area contributed by atoms with Gasteiger partial charge >= 0.3 is 6.18 Å². The third-order valence-electron chi connectivity index (χ3n) is 5.20. The van der Waals surface area contributed by atoms with E-state index in [4.69, 9.17) is 4.74 Å². The van der Waals surface area contributed by atoms with Gasteiger partial charge in [0, 0.05) is 51.5 Å². The molecule has 160 valence electrons. The summed E-state index contributed by atoms with van der Waals surface area (Å²) in [6.07, 6.45) is -1.84. The Balaban J connectivity index is 1.37. The fraction of sp³-hybridized carbons (Fsp3) is 0.474. The Morgan fingerprint density at radius 3 is 2.33 bits per heavy atom. The Bertz CT molecular complexity index is 879. The first-order chi connectivity index (χ1) is 14.4. The Morgan fingerprint density at radius 1 is 0.967 bits per heavy atom. The number of ether oxygens (including phenoxy) is 1. The monoisotopic (exact) mass is 422 g/mol. The number of anilines is 2. The summed E-state index contributed by atoms with van der Waals surface area (Å²) in [5.74, 6) is 0.475. The third-order valence-corrected chi connectivity index (χ3v) is 5.20. The molecule has 0 aliphatic carbocycles. The van der Waals surface area contributed by atoms with Crippen molar-refractivity contribution in [2.45, 2.75) is 6.18 Å². The quantitative estimate of drug-likeness (QED) is 0.745. The van der Waals surface area contributed by atoms with E-state index in [0.717, 1.165) is 36.9 Å². The molecular weight excluding hydrogens is 401 g/mol. The van der Waals surface area contributed by atoms with Crippen LogP contribution in [-0.2, 0) is 10.9 Å². The summed E-state index contributed by atoms with van der Waals surface area (Å²) in [5, 5.41) is 8.32. The highest BCUT2D eigenvalue weighted by atomic mass is 19.4. The van der Waals surface area contributed by atoms with Gasteiger partial charge in [-0.1, -0.05) is 0 Å². The fourth-order valence-electron chi connectivity index (χ4n) is 3.50. The highest BCUT2D eigenvalue weighted by Gasteiger charge is 2.32. The molecule has 2 fully saturated rings. The largest absolute Gasteiger partial charge is 0.433 e. The van der Waals surface area contributed by atoms with E-state index in [1.54, 1.807) is 11.1 Å². The van der Waals surface area contributed by atoms with Crippen LogP contribution in [0.15, 0.2) is 30.6 Å². The van der Waals surface area contributed by atoms with Crippen molar-refractivity contribution in [2.24, 2.45) is 0 Å². The van der Waals surface area contributed by atoms with Crippen LogP contribution < -0.4 is 9.80 Å². The number of amides is 1. The summed E-state index contributed by atoms with van der Waals surface area (Å²) < 4.78 is 43.3. The topological polar surface area (TPSA) is 74.7 Å². The average Bonchev–Trinajstić information content (AvgIpc) is 2.79. The number of nitrogens with zero attached hydrogens (tertiary/aromatic N) is 6. The number of carbonyl (C=O) groups is 1. The smallest absolute Gasteiger partial charge is 0.378 e. The van der Waals surface area contributed by atoms with Crippen molar-refractivity contribution in [3.8, 4) is 0 Å². The minimum atomic E-state index is -4.52. The van der Waals surface area contributed by atoms with Gasteiger partial charge in [-0.3, -0.25) is 9.78 Å². The lowest BCUT2D eigenvalue weighted by Crippen LogP contribution is -2.49. The SMILES string of the molecule is O=C(c1ccc(C(F)(F)F)nc1)N1CCN(c2cnnc(N3CCOCC3)c2)CC1. The Morgan fingerprint density at radius 2 is 1.70 bits per heavy atom. The molecule has 0 unspecified atom stereocenters. The van der Waals surface area contributed by atoms with Gasteiger partial charge in [0.15, 0.2) is 5.82 Å². The van der Waals surface area contributed by atoms with Crippen LogP contribution in [0.2, 0.25) is 0 Å². The zero-order valence-electron chi connectivity index (χ0n) is 16.2. The molecule has 0 saturated carbocycles. The minimum Gasteiger partial charge on any atom is -0.378 e. The molecule has 2 saturated heterocycles. The molecule has 0 atom stereocenters. The van der Waals surface area contributed by atoms with Gasteiger partial charge in [0.2, 0.25) is 0 Å². The minimum absolute atomic E-state index is 0.150. The summed E-state index contributed by atoms with van der Waals surface area (Å²) in [6.45, 7) is 4.94. The van der Waals surface area contributed by atoms with Crippen molar-refractivity contribution >= 4 is 17.4 Å². The maximum absolute atomic E-state index is 12.6. The Hall–Kier alpha value is -2.95. The van der Waals surface area contributed by atoms with Gasteiger partial charge < -0.3 is 19.4 Å². The van der Waals surface area contributed by atoms with Crippen LogP contribution >= 0.6 is 0 Å². The molecule has 30 heavy (non-hydrogen) atoms. The second kappa shape index (κ2) is 8.42. The number of alkyl halides is 3. The van der Waals surface area contributed by atoms with Gasteiger partial charge in [-0.05, 0) is 12.1 Å². The first-order valence-corrected chi connectivity index (χ1v) is 9.65. The van der Waals surface area contributed by atoms with E-state index in [1.807, 2.05) is 6.07 Å². The number of hydrogen-bond acceptors (Lipinski definition) is 7. The summed E-state index contributed by atoms with van der Waals surface area (Å²) >= 11 is 0. The lowest BCUT2D eigenvalue weighted by Gasteiger charge is -2.36. The summed E-state index contributed by atoms with van der Waals surface area (Å²) in [4.78, 5) is 21.8. The molecule has 4 heterocycles. The molecule has 2 aromatic rings. The molecule has 1 amide bonds. The van der Waals surface area contributed by atoms with Crippen LogP contribution in [0.4, 0.5) is 24.7 Å². The van der Waals surface area contributed by atoms with Crippen LogP contribution in [0, 0.1) is 0 Å². The van der Waals surface area contributed by atoms with Crippen LogP contribution in [0.25, 0.3) is 0 Å². The predicted molar refractivity (Wildman–Crippen MR) is 102 cm³/mol. The lowest BCUT2D eigenvalue weighted by molar-refractivity contribution is -0.141. The summed E-state index contributed by atoms with van der Waals surface area (Å²) in [5.41, 5.74) is 0.0662. The van der Waals surface area contributed by atoms with E-state index in [0.29, 0.717) is 39.4 Å². The van der Waals surface area contributed by atoms with Crippen LogP contribution in [0.5, 0.6) is 0 Å². The zero-order valence-corrected chi connectivity index (χ0v) is 16.2. The maximum Gasteiger partial charge on any atom is 0.433 e. The van der Waals surface area contributed by atoms with Gasteiger partial charge in [0.1, 0.15) is 5.69 Å². The highest BCUT2D eigenvalue weighted by Crippen LogP contribution is 2.27.